The first-order valence-electron chi connectivity index (χ1n) is 22.0. The summed E-state index contributed by atoms with van der Waals surface area (Å²) in [4.78, 5) is 17.9. The molecule has 1 heterocycles. The van der Waals surface area contributed by atoms with Crippen LogP contribution in [0.3, 0.4) is 0 Å². The molecule has 1 aliphatic heterocycles. The van der Waals surface area contributed by atoms with Crippen molar-refractivity contribution in [2.75, 3.05) is 41.0 Å². The lowest BCUT2D eigenvalue weighted by atomic mass is 9.93. The molecule has 0 radical (unpaired) electrons. The molecule has 0 aromatic heterocycles. The SMILES string of the molecule is CCS(CC)(ON=O)c1ccccc1-c1c2ccc(=[N+](CCSc3ccccc3)c3c(C)cccc3C)cc-2oc2cc(N(CCSc3ccccc3)c3c(C)cccc3C)ccc12. The summed E-state index contributed by atoms with van der Waals surface area (Å²) in [6, 6.07) is 56.0. The number of thioether (sulfide) groups is 2. The summed E-state index contributed by atoms with van der Waals surface area (Å²) in [6.07, 6.45) is 0. The van der Waals surface area contributed by atoms with Crippen LogP contribution in [-0.2, 0) is 4.28 Å². The normalized spacial score (nSPS) is 12.3. The fraction of sp³-hybridized carbons (Fsp3) is 0.218. The highest BCUT2D eigenvalue weighted by Gasteiger charge is 2.32. The molecule has 0 saturated carbocycles. The number of para-hydroxylation sites is 2. The highest BCUT2D eigenvalue weighted by atomic mass is 32.3. The number of anilines is 2. The molecule has 8 rings (SSSR count). The Hall–Kier alpha value is -5.74. The first kappa shape index (κ1) is 44.9. The van der Waals surface area contributed by atoms with Gasteiger partial charge in [-0.3, -0.25) is 0 Å². The molecular formula is C55H56N3O3S3+. The van der Waals surface area contributed by atoms with Gasteiger partial charge in [-0.15, -0.1) is 28.4 Å². The van der Waals surface area contributed by atoms with Gasteiger partial charge in [-0.1, -0.05) is 105 Å². The highest BCUT2D eigenvalue weighted by Crippen LogP contribution is 2.60. The lowest BCUT2D eigenvalue weighted by molar-refractivity contribution is 0.377. The smallest absolute Gasteiger partial charge is 0.211 e. The Morgan fingerprint density at radius 3 is 1.89 bits per heavy atom. The van der Waals surface area contributed by atoms with Crippen molar-refractivity contribution in [2.45, 2.75) is 56.2 Å². The second-order valence-corrected chi connectivity index (χ2v) is 21.7. The molecule has 0 saturated heterocycles. The van der Waals surface area contributed by atoms with Gasteiger partial charge in [0.05, 0.1) is 11.8 Å². The van der Waals surface area contributed by atoms with Crippen LogP contribution < -0.4 is 14.8 Å². The Morgan fingerprint density at radius 2 is 1.25 bits per heavy atom. The maximum atomic E-state index is 11.9. The van der Waals surface area contributed by atoms with Crippen LogP contribution in [0.2, 0.25) is 0 Å². The molecule has 0 spiro atoms. The fourth-order valence-corrected chi connectivity index (χ4v) is 13.0. The Morgan fingerprint density at radius 1 is 0.641 bits per heavy atom. The molecule has 2 aliphatic rings. The lowest BCUT2D eigenvalue weighted by Crippen LogP contribution is -2.29. The lowest BCUT2D eigenvalue weighted by Gasteiger charge is -2.35. The second-order valence-electron chi connectivity index (χ2n) is 16.0. The number of hydrogen-bond donors (Lipinski definition) is 0. The molecule has 0 unspecified atom stereocenters. The van der Waals surface area contributed by atoms with Gasteiger partial charge in [0.1, 0.15) is 11.3 Å². The van der Waals surface area contributed by atoms with Crippen LogP contribution in [0.5, 0.6) is 0 Å². The molecular weight excluding hydrogens is 847 g/mol. The van der Waals surface area contributed by atoms with E-state index in [2.05, 4.69) is 208 Å². The predicted octanol–water partition coefficient (Wildman–Crippen LogP) is 15.1. The third kappa shape index (κ3) is 9.39. The zero-order valence-electron chi connectivity index (χ0n) is 37.5. The molecule has 64 heavy (non-hydrogen) atoms. The van der Waals surface area contributed by atoms with Crippen LogP contribution >= 0.6 is 33.8 Å². The van der Waals surface area contributed by atoms with Gasteiger partial charge in [0, 0.05) is 89.6 Å². The second kappa shape index (κ2) is 20.4. The molecule has 6 aromatic rings. The molecule has 1 aliphatic carbocycles. The number of hydrogen-bond acceptors (Lipinski definition) is 7. The number of fused-ring (bicyclic) bond motifs is 2. The van der Waals surface area contributed by atoms with Crippen LogP contribution in [0.25, 0.3) is 33.4 Å². The number of nitrogens with zero attached hydrogens (tertiary/aromatic N) is 3. The third-order valence-corrected chi connectivity index (χ3v) is 17.4. The molecule has 6 aromatic carbocycles. The van der Waals surface area contributed by atoms with E-state index in [0.717, 1.165) is 74.0 Å². The monoisotopic (exact) mass is 902 g/mol. The van der Waals surface area contributed by atoms with Gasteiger partial charge < -0.3 is 13.6 Å². The third-order valence-electron chi connectivity index (χ3n) is 12.0. The number of rotatable bonds is 17. The maximum absolute atomic E-state index is 11.9. The number of aryl methyl sites for hydroxylation is 4. The standard InChI is InChI=1S/C55H56N3O3S3/c1-7-64(8-2,61-56-59)52-28-16-15-27-49(52)53-47-31-29-43(57(54-39(3)19-17-20-40(54)4)33-35-62-45-23-11-9-12-24-45)37-50(47)60-51-38-44(30-32-48(51)53)58(55-41(5)21-18-22-42(55)6)34-36-63-46-25-13-10-14-26-46/h9-32,37-38H,7-8,33-36H2,1-6H3/q+1. The molecule has 0 atom stereocenters. The molecule has 9 heteroatoms. The molecule has 6 nitrogen and oxygen atoms in total. The van der Waals surface area contributed by atoms with Gasteiger partial charge in [0.2, 0.25) is 11.0 Å². The van der Waals surface area contributed by atoms with Crippen molar-refractivity contribution in [1.82, 2.24) is 4.58 Å². The minimum Gasteiger partial charge on any atom is -0.456 e. The van der Waals surface area contributed by atoms with E-state index in [9.17, 15) is 4.91 Å². The van der Waals surface area contributed by atoms with Crippen molar-refractivity contribution in [3.8, 4) is 22.5 Å². The van der Waals surface area contributed by atoms with Gasteiger partial charge in [-0.05, 0) is 103 Å². The molecule has 0 N–H and O–H groups in total. The summed E-state index contributed by atoms with van der Waals surface area (Å²) >= 11 is 3.73. The van der Waals surface area contributed by atoms with Crippen LogP contribution in [0.4, 0.5) is 17.1 Å². The van der Waals surface area contributed by atoms with E-state index < -0.39 is 10.3 Å². The summed E-state index contributed by atoms with van der Waals surface area (Å²) in [5.74, 6) is 3.89. The summed E-state index contributed by atoms with van der Waals surface area (Å²) in [5, 5.41) is 5.12. The van der Waals surface area contributed by atoms with Gasteiger partial charge >= 0.3 is 0 Å². The summed E-state index contributed by atoms with van der Waals surface area (Å²) in [5.41, 5.74) is 12.2. The average Bonchev–Trinajstić information content (AvgIpc) is 3.31. The zero-order chi connectivity index (χ0) is 44.6. The van der Waals surface area contributed by atoms with Crippen LogP contribution in [-0.4, -0.2) is 36.1 Å². The Labute approximate surface area is 388 Å². The summed E-state index contributed by atoms with van der Waals surface area (Å²) in [6.45, 7) is 14.6. The van der Waals surface area contributed by atoms with Crippen molar-refractivity contribution >= 4 is 61.9 Å². The highest BCUT2D eigenvalue weighted by molar-refractivity contribution is 8.29. The van der Waals surface area contributed by atoms with Crippen molar-refractivity contribution in [2.24, 2.45) is 5.34 Å². The first-order valence-corrected chi connectivity index (χ1v) is 25.9. The first-order chi connectivity index (χ1) is 31.2. The minimum atomic E-state index is -2.05. The van der Waals surface area contributed by atoms with Crippen LogP contribution in [0.15, 0.2) is 182 Å². The fourth-order valence-electron chi connectivity index (χ4n) is 8.96. The van der Waals surface area contributed by atoms with Crippen molar-refractivity contribution in [3.63, 3.8) is 0 Å². The Balaban J connectivity index is 1.37. The van der Waals surface area contributed by atoms with E-state index in [1.54, 1.807) is 0 Å². The molecule has 0 amide bonds. The number of benzene rings is 7. The van der Waals surface area contributed by atoms with Gasteiger partial charge in [0.25, 0.3) is 0 Å². The summed E-state index contributed by atoms with van der Waals surface area (Å²) < 4.78 is 15.5. The molecule has 0 bridgehead atoms. The van der Waals surface area contributed by atoms with E-state index in [0.29, 0.717) is 11.5 Å². The van der Waals surface area contributed by atoms with E-state index in [1.807, 2.05) is 29.6 Å². The Kier molecular flexibility index (Phi) is 14.3. The average molecular weight is 903 g/mol. The van der Waals surface area contributed by atoms with Crippen molar-refractivity contribution in [3.05, 3.63) is 190 Å². The van der Waals surface area contributed by atoms with Gasteiger partial charge in [-0.25, -0.2) is 0 Å². The van der Waals surface area contributed by atoms with Gasteiger partial charge in [-0.2, -0.15) is 4.58 Å². The summed E-state index contributed by atoms with van der Waals surface area (Å²) in [7, 11) is -2.05. The predicted molar refractivity (Wildman–Crippen MR) is 275 cm³/mol. The van der Waals surface area contributed by atoms with E-state index in [4.69, 9.17) is 8.70 Å². The van der Waals surface area contributed by atoms with E-state index in [-0.39, 0.29) is 0 Å². The Bertz CT molecular complexity index is 2890. The van der Waals surface area contributed by atoms with Crippen LogP contribution in [0.1, 0.15) is 36.1 Å². The minimum absolute atomic E-state index is 0.658. The topological polar surface area (TPSA) is 58.0 Å². The zero-order valence-corrected chi connectivity index (χ0v) is 40.0. The van der Waals surface area contributed by atoms with Crippen LogP contribution in [0, 0.1) is 32.6 Å². The maximum Gasteiger partial charge on any atom is 0.211 e. The quantitative estimate of drug-likeness (QED) is 0.0298. The van der Waals surface area contributed by atoms with Crippen molar-refractivity contribution < 1.29 is 8.70 Å². The molecule has 0 fully saturated rings. The molecule has 326 valence electrons. The largest absolute Gasteiger partial charge is 0.456 e. The van der Waals surface area contributed by atoms with E-state index in [1.165, 1.54) is 43.4 Å². The van der Waals surface area contributed by atoms with Gasteiger partial charge in [0.15, 0.2) is 11.9 Å². The van der Waals surface area contributed by atoms with Crippen molar-refractivity contribution in [1.29, 1.82) is 0 Å². The van der Waals surface area contributed by atoms with E-state index >= 15 is 0 Å².